The molecule has 15 heavy (non-hydrogen) atoms. The molecule has 0 radical (unpaired) electrons. The van der Waals surface area contributed by atoms with Crippen molar-refractivity contribution in [3.8, 4) is 0 Å². The van der Waals surface area contributed by atoms with E-state index in [1.807, 2.05) is 6.20 Å². The molecule has 0 saturated carbocycles. The van der Waals surface area contributed by atoms with Crippen LogP contribution in [0.5, 0.6) is 0 Å². The summed E-state index contributed by atoms with van der Waals surface area (Å²) in [5, 5.41) is 0. The van der Waals surface area contributed by atoms with Crippen molar-refractivity contribution in [2.75, 3.05) is 19.7 Å². The van der Waals surface area contributed by atoms with Crippen molar-refractivity contribution in [1.29, 1.82) is 0 Å². The van der Waals surface area contributed by atoms with Gasteiger partial charge in [0.1, 0.15) is 6.61 Å². The number of likely N-dealkylation sites (tertiary alicyclic amines) is 1. The molecule has 0 bridgehead atoms. The lowest BCUT2D eigenvalue weighted by molar-refractivity contribution is -0.136. The molecular formula is C12H19NO2. The molecule has 0 aromatic carbocycles. The van der Waals surface area contributed by atoms with Crippen LogP contribution in [-0.2, 0) is 9.53 Å². The van der Waals surface area contributed by atoms with Crippen molar-refractivity contribution in [2.45, 2.75) is 12.8 Å². The van der Waals surface area contributed by atoms with Crippen molar-refractivity contribution < 1.29 is 9.53 Å². The van der Waals surface area contributed by atoms with Crippen LogP contribution >= 0.6 is 0 Å². The van der Waals surface area contributed by atoms with E-state index in [9.17, 15) is 4.79 Å². The number of esters is 1. The predicted molar refractivity (Wildman–Crippen MR) is 62.4 cm³/mol. The second kappa shape index (κ2) is 9.06. The van der Waals surface area contributed by atoms with Crippen LogP contribution in [0.15, 0.2) is 38.1 Å². The molecule has 3 heteroatoms. The Bertz CT molecular complexity index is 218. The quantitative estimate of drug-likeness (QED) is 0.403. The molecule has 3 nitrogen and oxygen atoms in total. The van der Waals surface area contributed by atoms with Crippen molar-refractivity contribution in [3.63, 3.8) is 0 Å². The normalized spacial score (nSPS) is 13.5. The highest BCUT2D eigenvalue weighted by molar-refractivity contribution is 5.81. The molecule has 0 spiro atoms. The molecule has 1 saturated heterocycles. The zero-order valence-corrected chi connectivity index (χ0v) is 9.15. The topological polar surface area (TPSA) is 29.5 Å². The number of carbonyl (C=O) groups is 1. The summed E-state index contributed by atoms with van der Waals surface area (Å²) >= 11 is 0. The second-order valence-electron chi connectivity index (χ2n) is 3.05. The van der Waals surface area contributed by atoms with Crippen LogP contribution in [0.1, 0.15) is 12.8 Å². The van der Waals surface area contributed by atoms with E-state index in [2.05, 4.69) is 29.4 Å². The van der Waals surface area contributed by atoms with Gasteiger partial charge in [-0.1, -0.05) is 25.8 Å². The van der Waals surface area contributed by atoms with Crippen LogP contribution in [0.25, 0.3) is 0 Å². The van der Waals surface area contributed by atoms with Crippen molar-refractivity contribution in [3.05, 3.63) is 38.1 Å². The van der Waals surface area contributed by atoms with Crippen LogP contribution in [-0.4, -0.2) is 30.6 Å². The fraction of sp³-hybridized carbons (Fsp3) is 0.417. The average molecular weight is 209 g/mol. The van der Waals surface area contributed by atoms with Gasteiger partial charge in [-0.2, -0.15) is 0 Å². The van der Waals surface area contributed by atoms with Gasteiger partial charge in [-0.25, -0.2) is 4.79 Å². The van der Waals surface area contributed by atoms with Crippen LogP contribution in [0.4, 0.5) is 0 Å². The average Bonchev–Trinajstić information content (AvgIpc) is 2.79. The van der Waals surface area contributed by atoms with E-state index in [0.717, 1.165) is 6.08 Å². The van der Waals surface area contributed by atoms with Gasteiger partial charge < -0.3 is 9.64 Å². The van der Waals surface area contributed by atoms with Gasteiger partial charge in [-0.15, -0.1) is 0 Å². The van der Waals surface area contributed by atoms with Crippen LogP contribution < -0.4 is 0 Å². The second-order valence-corrected chi connectivity index (χ2v) is 3.05. The Morgan fingerprint density at radius 1 is 1.27 bits per heavy atom. The summed E-state index contributed by atoms with van der Waals surface area (Å²) in [4.78, 5) is 12.4. The zero-order valence-electron chi connectivity index (χ0n) is 9.15. The number of ether oxygens (including phenoxy) is 1. The number of carbonyl (C=O) groups excluding carboxylic acids is 1. The summed E-state index contributed by atoms with van der Waals surface area (Å²) in [6, 6.07) is 0. The third kappa shape index (κ3) is 7.55. The Hall–Kier alpha value is -1.51. The fourth-order valence-corrected chi connectivity index (χ4v) is 1.12. The first-order valence-corrected chi connectivity index (χ1v) is 5.01. The molecule has 0 aliphatic carbocycles. The third-order valence-corrected chi connectivity index (χ3v) is 1.91. The van der Waals surface area contributed by atoms with E-state index < -0.39 is 5.97 Å². The molecule has 0 aromatic rings. The van der Waals surface area contributed by atoms with Crippen LogP contribution in [0.3, 0.4) is 0 Å². The first-order chi connectivity index (χ1) is 7.24. The van der Waals surface area contributed by atoms with E-state index in [1.54, 1.807) is 0 Å². The number of hydrogen-bond donors (Lipinski definition) is 0. The minimum Gasteiger partial charge on any atom is -0.458 e. The van der Waals surface area contributed by atoms with Gasteiger partial charge in [-0.05, 0) is 19.0 Å². The summed E-state index contributed by atoms with van der Waals surface area (Å²) in [5.41, 5.74) is 0. The lowest BCUT2D eigenvalue weighted by Gasteiger charge is -2.07. The van der Waals surface area contributed by atoms with Crippen molar-refractivity contribution in [2.24, 2.45) is 0 Å². The minimum absolute atomic E-state index is 0.255. The maximum Gasteiger partial charge on any atom is 0.330 e. The van der Waals surface area contributed by atoms with E-state index in [4.69, 9.17) is 0 Å². The smallest absolute Gasteiger partial charge is 0.330 e. The number of nitrogens with zero attached hydrogens (tertiary/aromatic N) is 1. The summed E-state index contributed by atoms with van der Waals surface area (Å²) in [5.74, 6) is -0.412. The Morgan fingerprint density at radius 3 is 2.20 bits per heavy atom. The highest BCUT2D eigenvalue weighted by atomic mass is 16.5. The zero-order chi connectivity index (χ0) is 11.5. The molecule has 0 unspecified atom stereocenters. The summed E-state index contributed by atoms with van der Waals surface area (Å²) in [6.45, 7) is 12.9. The molecule has 1 aliphatic rings. The molecule has 1 heterocycles. The van der Waals surface area contributed by atoms with Gasteiger partial charge in [-0.3, -0.25) is 0 Å². The lowest BCUT2D eigenvalue weighted by Crippen LogP contribution is -2.08. The lowest BCUT2D eigenvalue weighted by atomic mass is 10.4. The molecule has 1 fully saturated rings. The summed E-state index contributed by atoms with van der Waals surface area (Å²) in [6.07, 6.45) is 7.25. The van der Waals surface area contributed by atoms with Crippen molar-refractivity contribution in [1.82, 2.24) is 4.90 Å². The number of rotatable bonds is 4. The van der Waals surface area contributed by atoms with E-state index in [1.165, 1.54) is 32.0 Å². The standard InChI is InChI=1S/C6H11N.C6H8O2/c1-2-7-5-3-4-6-7;1-3-5-8-6(7)4-2/h2H,1,3-6H2;3-4H,1-2,5H2. The highest BCUT2D eigenvalue weighted by Crippen LogP contribution is 2.05. The van der Waals surface area contributed by atoms with Gasteiger partial charge in [0.15, 0.2) is 0 Å². The van der Waals surface area contributed by atoms with E-state index >= 15 is 0 Å². The summed E-state index contributed by atoms with van der Waals surface area (Å²) < 4.78 is 4.47. The molecule has 0 atom stereocenters. The molecule has 1 rings (SSSR count). The van der Waals surface area contributed by atoms with Gasteiger partial charge in [0.25, 0.3) is 0 Å². The van der Waals surface area contributed by atoms with Crippen LogP contribution in [0.2, 0.25) is 0 Å². The first-order valence-electron chi connectivity index (χ1n) is 5.01. The van der Waals surface area contributed by atoms with E-state index in [-0.39, 0.29) is 6.61 Å². The van der Waals surface area contributed by atoms with Gasteiger partial charge >= 0.3 is 5.97 Å². The largest absolute Gasteiger partial charge is 0.458 e. The SMILES string of the molecule is C=CCOC(=O)C=C.C=CN1CCCC1. The van der Waals surface area contributed by atoms with Gasteiger partial charge in [0, 0.05) is 19.2 Å². The Morgan fingerprint density at radius 2 is 1.87 bits per heavy atom. The molecular weight excluding hydrogens is 190 g/mol. The minimum atomic E-state index is -0.412. The van der Waals surface area contributed by atoms with Crippen LogP contribution in [0, 0.1) is 0 Å². The van der Waals surface area contributed by atoms with Crippen molar-refractivity contribution >= 4 is 5.97 Å². The maximum atomic E-state index is 10.2. The maximum absolute atomic E-state index is 10.2. The molecule has 0 amide bonds. The van der Waals surface area contributed by atoms with Gasteiger partial charge in [0.05, 0.1) is 0 Å². The highest BCUT2D eigenvalue weighted by Gasteiger charge is 2.04. The molecule has 1 aliphatic heterocycles. The number of hydrogen-bond acceptors (Lipinski definition) is 3. The first kappa shape index (κ1) is 13.5. The Balaban J connectivity index is 0.000000262. The Labute approximate surface area is 91.7 Å². The fourth-order valence-electron chi connectivity index (χ4n) is 1.12. The molecule has 84 valence electrons. The van der Waals surface area contributed by atoms with E-state index in [0.29, 0.717) is 0 Å². The monoisotopic (exact) mass is 209 g/mol. The predicted octanol–water partition coefficient (Wildman–Crippen LogP) is 2.13. The Kier molecular flexibility index (Phi) is 8.15. The third-order valence-electron chi connectivity index (χ3n) is 1.91. The molecule has 0 N–H and O–H groups in total. The summed E-state index contributed by atoms with van der Waals surface area (Å²) in [7, 11) is 0. The van der Waals surface area contributed by atoms with Gasteiger partial charge in [0.2, 0.25) is 0 Å². The molecule has 0 aromatic heterocycles.